The molecule has 1 fully saturated rings. The van der Waals surface area contributed by atoms with Crippen LogP contribution >= 0.6 is 0 Å². The number of hydrogen-bond acceptors (Lipinski definition) is 4. The zero-order chi connectivity index (χ0) is 11.4. The van der Waals surface area contributed by atoms with Crippen LogP contribution in [0.15, 0.2) is 24.5 Å². The highest BCUT2D eigenvalue weighted by Gasteiger charge is 2.24. The van der Waals surface area contributed by atoms with Gasteiger partial charge in [0.2, 0.25) is 0 Å². The van der Waals surface area contributed by atoms with Gasteiger partial charge in [-0.2, -0.15) is 0 Å². The van der Waals surface area contributed by atoms with E-state index in [1.807, 2.05) is 12.1 Å². The van der Waals surface area contributed by atoms with Crippen molar-refractivity contribution in [3.63, 3.8) is 0 Å². The van der Waals surface area contributed by atoms with Gasteiger partial charge in [-0.25, -0.2) is 4.79 Å². The van der Waals surface area contributed by atoms with Gasteiger partial charge in [0.1, 0.15) is 0 Å². The summed E-state index contributed by atoms with van der Waals surface area (Å²) in [6.45, 7) is 1.76. The third kappa shape index (κ3) is 2.42. The summed E-state index contributed by atoms with van der Waals surface area (Å²) in [5, 5.41) is 2.81. The van der Waals surface area contributed by atoms with Crippen molar-refractivity contribution in [3.05, 3.63) is 24.5 Å². The highest BCUT2D eigenvalue weighted by atomic mass is 16.5. The second kappa shape index (κ2) is 4.83. The smallest absolute Gasteiger partial charge is 0.407 e. The fraction of sp³-hybridized carbons (Fsp3) is 0.455. The van der Waals surface area contributed by atoms with Crippen LogP contribution in [0.5, 0.6) is 0 Å². The van der Waals surface area contributed by atoms with Gasteiger partial charge in [-0.3, -0.25) is 4.98 Å². The van der Waals surface area contributed by atoms with E-state index in [-0.39, 0.29) is 12.1 Å². The van der Waals surface area contributed by atoms with Gasteiger partial charge in [0.25, 0.3) is 0 Å². The van der Waals surface area contributed by atoms with E-state index in [1.165, 1.54) is 7.11 Å². The Labute approximate surface area is 94.4 Å². The topological polar surface area (TPSA) is 54.5 Å². The molecule has 1 atom stereocenters. The molecule has 0 spiro atoms. The zero-order valence-electron chi connectivity index (χ0n) is 9.22. The minimum absolute atomic E-state index is 0.167. The molecule has 1 aromatic heterocycles. The molecule has 0 bridgehead atoms. The Morgan fingerprint density at radius 2 is 2.31 bits per heavy atom. The second-order valence-electron chi connectivity index (χ2n) is 3.77. The number of carbonyl (C=O) groups excluding carboxylic acids is 1. The first-order valence-corrected chi connectivity index (χ1v) is 5.29. The fourth-order valence-electron chi connectivity index (χ4n) is 1.89. The van der Waals surface area contributed by atoms with E-state index < -0.39 is 0 Å². The van der Waals surface area contributed by atoms with Crippen LogP contribution < -0.4 is 10.2 Å². The van der Waals surface area contributed by atoms with Crippen molar-refractivity contribution in [3.8, 4) is 0 Å². The van der Waals surface area contributed by atoms with Crippen LogP contribution in [0, 0.1) is 0 Å². The van der Waals surface area contributed by atoms with E-state index >= 15 is 0 Å². The second-order valence-corrected chi connectivity index (χ2v) is 3.77. The molecule has 1 aromatic rings. The van der Waals surface area contributed by atoms with E-state index in [0.29, 0.717) is 0 Å². The number of hydrogen-bond donors (Lipinski definition) is 1. The Bertz CT molecular complexity index is 356. The molecule has 86 valence electrons. The van der Waals surface area contributed by atoms with Gasteiger partial charge >= 0.3 is 6.09 Å². The number of nitrogens with zero attached hydrogens (tertiary/aromatic N) is 2. The van der Waals surface area contributed by atoms with Gasteiger partial charge in [-0.05, 0) is 18.6 Å². The van der Waals surface area contributed by atoms with Crippen molar-refractivity contribution in [1.29, 1.82) is 0 Å². The van der Waals surface area contributed by atoms with Crippen LogP contribution in [0.1, 0.15) is 6.42 Å². The lowest BCUT2D eigenvalue weighted by Gasteiger charge is -2.18. The van der Waals surface area contributed by atoms with Crippen LogP contribution in [-0.2, 0) is 4.74 Å². The van der Waals surface area contributed by atoms with Crippen LogP contribution in [0.2, 0.25) is 0 Å². The molecule has 0 aliphatic carbocycles. The highest BCUT2D eigenvalue weighted by molar-refractivity contribution is 5.67. The van der Waals surface area contributed by atoms with Crippen LogP contribution in [0.3, 0.4) is 0 Å². The van der Waals surface area contributed by atoms with Gasteiger partial charge in [0.15, 0.2) is 0 Å². The molecule has 1 aliphatic rings. The number of alkyl carbamates (subject to hydrolysis) is 1. The molecule has 5 nitrogen and oxygen atoms in total. The molecular weight excluding hydrogens is 206 g/mol. The van der Waals surface area contributed by atoms with Crippen LogP contribution in [0.25, 0.3) is 0 Å². The van der Waals surface area contributed by atoms with Gasteiger partial charge in [0.05, 0.1) is 13.2 Å². The number of amides is 1. The summed E-state index contributed by atoms with van der Waals surface area (Å²) in [5.74, 6) is 0. The molecule has 0 radical (unpaired) electrons. The number of rotatable bonds is 2. The van der Waals surface area contributed by atoms with Gasteiger partial charge < -0.3 is 15.0 Å². The number of ether oxygens (including phenoxy) is 1. The molecule has 1 amide bonds. The number of aromatic nitrogens is 1. The molecule has 1 unspecified atom stereocenters. The number of methoxy groups -OCH3 is 1. The minimum Gasteiger partial charge on any atom is -0.453 e. The maximum Gasteiger partial charge on any atom is 0.407 e. The molecule has 1 saturated heterocycles. The Balaban J connectivity index is 1.91. The molecule has 1 N–H and O–H groups in total. The lowest BCUT2D eigenvalue weighted by atomic mass is 10.3. The molecule has 1 aliphatic heterocycles. The summed E-state index contributed by atoms with van der Waals surface area (Å²) in [7, 11) is 1.38. The number of nitrogens with one attached hydrogen (secondary N) is 1. The molecule has 2 rings (SSSR count). The van der Waals surface area contributed by atoms with E-state index in [9.17, 15) is 4.79 Å². The molecule has 5 heteroatoms. The van der Waals surface area contributed by atoms with Crippen molar-refractivity contribution in [1.82, 2.24) is 10.3 Å². The standard InChI is InChI=1S/C11H15N3O2/c1-16-11(15)13-9-4-7-14(8-9)10-2-5-12-6-3-10/h2-3,5-6,9H,4,7-8H2,1H3,(H,13,15). The lowest BCUT2D eigenvalue weighted by molar-refractivity contribution is 0.167. The Kier molecular flexibility index (Phi) is 3.24. The Hall–Kier alpha value is -1.78. The summed E-state index contributed by atoms with van der Waals surface area (Å²) in [4.78, 5) is 17.3. The quantitative estimate of drug-likeness (QED) is 0.810. The van der Waals surface area contributed by atoms with E-state index in [4.69, 9.17) is 0 Å². The van der Waals surface area contributed by atoms with Gasteiger partial charge in [0, 0.05) is 31.2 Å². The fourth-order valence-corrected chi connectivity index (χ4v) is 1.89. The molecular formula is C11H15N3O2. The van der Waals surface area contributed by atoms with Crippen molar-refractivity contribution in [2.24, 2.45) is 0 Å². The molecule has 16 heavy (non-hydrogen) atoms. The van der Waals surface area contributed by atoms with Crippen LogP contribution in [-0.4, -0.2) is 37.3 Å². The summed E-state index contributed by atoms with van der Waals surface area (Å²) in [6, 6.07) is 4.11. The summed E-state index contributed by atoms with van der Waals surface area (Å²) < 4.78 is 4.57. The average molecular weight is 221 g/mol. The SMILES string of the molecule is COC(=O)NC1CCN(c2ccncc2)C1. The van der Waals surface area contributed by atoms with E-state index in [0.717, 1.165) is 25.2 Å². The third-order valence-corrected chi connectivity index (χ3v) is 2.72. The Morgan fingerprint density at radius 3 is 3.00 bits per heavy atom. The summed E-state index contributed by atoms with van der Waals surface area (Å²) in [5.41, 5.74) is 1.14. The number of anilines is 1. The Morgan fingerprint density at radius 1 is 1.56 bits per heavy atom. The summed E-state index contributed by atoms with van der Waals surface area (Å²) >= 11 is 0. The first kappa shape index (κ1) is 10.7. The average Bonchev–Trinajstić information content (AvgIpc) is 2.78. The lowest BCUT2D eigenvalue weighted by Crippen LogP contribution is -2.36. The van der Waals surface area contributed by atoms with E-state index in [1.54, 1.807) is 12.4 Å². The van der Waals surface area contributed by atoms with Crippen LogP contribution in [0.4, 0.5) is 10.5 Å². The molecule has 0 aromatic carbocycles. The monoisotopic (exact) mass is 221 g/mol. The largest absolute Gasteiger partial charge is 0.453 e. The number of carbonyl (C=O) groups is 1. The normalized spacial score (nSPS) is 19.6. The molecule has 2 heterocycles. The predicted molar refractivity (Wildman–Crippen MR) is 60.4 cm³/mol. The maximum absolute atomic E-state index is 11.0. The summed E-state index contributed by atoms with van der Waals surface area (Å²) in [6.07, 6.45) is 4.13. The first-order chi connectivity index (χ1) is 7.79. The number of pyridine rings is 1. The molecule has 0 saturated carbocycles. The first-order valence-electron chi connectivity index (χ1n) is 5.29. The van der Waals surface area contributed by atoms with Crippen molar-refractivity contribution in [2.75, 3.05) is 25.1 Å². The predicted octanol–water partition coefficient (Wildman–Crippen LogP) is 1.02. The van der Waals surface area contributed by atoms with Gasteiger partial charge in [-0.15, -0.1) is 0 Å². The van der Waals surface area contributed by atoms with E-state index in [2.05, 4.69) is 19.9 Å². The zero-order valence-corrected chi connectivity index (χ0v) is 9.22. The van der Waals surface area contributed by atoms with Crippen molar-refractivity contribution >= 4 is 11.8 Å². The highest BCUT2D eigenvalue weighted by Crippen LogP contribution is 2.18. The van der Waals surface area contributed by atoms with Crippen molar-refractivity contribution < 1.29 is 9.53 Å². The van der Waals surface area contributed by atoms with Crippen molar-refractivity contribution in [2.45, 2.75) is 12.5 Å². The maximum atomic E-state index is 11.0. The minimum atomic E-state index is -0.360. The third-order valence-electron chi connectivity index (χ3n) is 2.72. The van der Waals surface area contributed by atoms with Gasteiger partial charge in [-0.1, -0.05) is 0 Å².